The van der Waals surface area contributed by atoms with Crippen LogP contribution in [0.1, 0.15) is 20.7 Å². The number of carboxylic acids is 1. The van der Waals surface area contributed by atoms with Crippen molar-refractivity contribution in [1.29, 1.82) is 0 Å². The lowest BCUT2D eigenvalue weighted by atomic mass is 10.1. The number of aromatic carboxylic acids is 1. The van der Waals surface area contributed by atoms with Crippen molar-refractivity contribution in [3.8, 4) is 5.75 Å². The number of anilines is 1. The van der Waals surface area contributed by atoms with E-state index in [4.69, 9.17) is 9.84 Å². The fraction of sp³-hybridized carbons (Fsp3) is 0.0667. The number of methoxy groups -OCH3 is 1. The molecule has 0 aliphatic carbocycles. The van der Waals surface area contributed by atoms with Gasteiger partial charge in [0.15, 0.2) is 6.29 Å². The van der Waals surface area contributed by atoms with E-state index < -0.39 is 16.0 Å². The summed E-state index contributed by atoms with van der Waals surface area (Å²) in [4.78, 5) is 22.2. The standard InChI is InChI=1S/C15H13NO6S/c1-22-11-5-7-12(8-6-11)23(20,21)16-14-10(9-17)3-2-4-13(14)15(18)19/h2-9,16H,1H3,(H,18,19). The number of aldehydes is 1. The average molecular weight is 335 g/mol. The summed E-state index contributed by atoms with van der Waals surface area (Å²) in [6, 6.07) is 9.43. The van der Waals surface area contributed by atoms with Crippen LogP contribution in [0.15, 0.2) is 47.4 Å². The summed E-state index contributed by atoms with van der Waals surface area (Å²) in [5.74, 6) is -0.871. The molecule has 0 amide bonds. The van der Waals surface area contributed by atoms with Gasteiger partial charge in [0, 0.05) is 5.56 Å². The van der Waals surface area contributed by atoms with Crippen molar-refractivity contribution in [2.75, 3.05) is 11.8 Å². The third kappa shape index (κ3) is 3.49. The number of sulfonamides is 1. The summed E-state index contributed by atoms with van der Waals surface area (Å²) < 4.78 is 31.9. The van der Waals surface area contributed by atoms with Crippen molar-refractivity contribution < 1.29 is 27.9 Å². The van der Waals surface area contributed by atoms with Crippen LogP contribution in [0.5, 0.6) is 5.75 Å². The smallest absolute Gasteiger partial charge is 0.337 e. The second kappa shape index (κ2) is 6.49. The Morgan fingerprint density at radius 3 is 2.35 bits per heavy atom. The van der Waals surface area contributed by atoms with E-state index in [-0.39, 0.29) is 21.7 Å². The van der Waals surface area contributed by atoms with Gasteiger partial charge < -0.3 is 9.84 Å². The zero-order chi connectivity index (χ0) is 17.0. The highest BCUT2D eigenvalue weighted by atomic mass is 32.2. The third-order valence-electron chi connectivity index (χ3n) is 3.06. The van der Waals surface area contributed by atoms with Crippen molar-refractivity contribution in [3.05, 3.63) is 53.6 Å². The predicted molar refractivity (Wildman–Crippen MR) is 82.6 cm³/mol. The van der Waals surface area contributed by atoms with E-state index in [1.54, 1.807) is 0 Å². The van der Waals surface area contributed by atoms with Crippen LogP contribution >= 0.6 is 0 Å². The highest BCUT2D eigenvalue weighted by Crippen LogP contribution is 2.24. The predicted octanol–water partition coefficient (Wildman–Crippen LogP) is 2.01. The van der Waals surface area contributed by atoms with E-state index in [9.17, 15) is 18.0 Å². The summed E-state index contributed by atoms with van der Waals surface area (Å²) >= 11 is 0. The van der Waals surface area contributed by atoms with Gasteiger partial charge in [0.25, 0.3) is 10.0 Å². The minimum absolute atomic E-state index is 0.0676. The maximum absolute atomic E-state index is 12.4. The van der Waals surface area contributed by atoms with Gasteiger partial charge in [0.2, 0.25) is 0 Å². The highest BCUT2D eigenvalue weighted by molar-refractivity contribution is 7.92. The molecule has 8 heteroatoms. The van der Waals surface area contributed by atoms with Crippen molar-refractivity contribution in [1.82, 2.24) is 0 Å². The Morgan fingerprint density at radius 1 is 1.17 bits per heavy atom. The lowest BCUT2D eigenvalue weighted by Gasteiger charge is -2.12. The number of carboxylic acid groups (broad SMARTS) is 1. The number of carbonyl (C=O) groups excluding carboxylic acids is 1. The van der Waals surface area contributed by atoms with Crippen LogP contribution in [-0.2, 0) is 10.0 Å². The van der Waals surface area contributed by atoms with E-state index in [0.29, 0.717) is 12.0 Å². The summed E-state index contributed by atoms with van der Waals surface area (Å²) in [7, 11) is -2.61. The average Bonchev–Trinajstić information content (AvgIpc) is 2.54. The normalized spacial score (nSPS) is 10.8. The molecule has 7 nitrogen and oxygen atoms in total. The van der Waals surface area contributed by atoms with Gasteiger partial charge in [-0.3, -0.25) is 9.52 Å². The van der Waals surface area contributed by atoms with Gasteiger partial charge in [-0.2, -0.15) is 0 Å². The molecule has 0 saturated carbocycles. The van der Waals surface area contributed by atoms with Crippen LogP contribution in [-0.4, -0.2) is 32.9 Å². The number of carbonyl (C=O) groups is 2. The molecule has 0 aliphatic heterocycles. The van der Waals surface area contributed by atoms with Crippen LogP contribution in [0.25, 0.3) is 0 Å². The number of rotatable bonds is 6. The Labute approximate surface area is 132 Å². The Kier molecular flexibility index (Phi) is 4.65. The molecule has 0 aromatic heterocycles. The van der Waals surface area contributed by atoms with Gasteiger partial charge in [-0.25, -0.2) is 13.2 Å². The molecule has 2 aromatic rings. The van der Waals surface area contributed by atoms with Gasteiger partial charge in [-0.15, -0.1) is 0 Å². The van der Waals surface area contributed by atoms with E-state index >= 15 is 0 Å². The maximum Gasteiger partial charge on any atom is 0.337 e. The molecule has 2 rings (SSSR count). The maximum atomic E-state index is 12.4. The first-order valence-electron chi connectivity index (χ1n) is 6.37. The Morgan fingerprint density at radius 2 is 1.83 bits per heavy atom. The van der Waals surface area contributed by atoms with E-state index in [1.165, 1.54) is 49.6 Å². The highest BCUT2D eigenvalue weighted by Gasteiger charge is 2.21. The second-order valence-electron chi connectivity index (χ2n) is 4.47. The lowest BCUT2D eigenvalue weighted by Crippen LogP contribution is -2.17. The molecule has 0 fully saturated rings. The second-order valence-corrected chi connectivity index (χ2v) is 6.16. The van der Waals surface area contributed by atoms with Gasteiger partial charge in [0.1, 0.15) is 5.75 Å². The number of para-hydroxylation sites is 1. The number of hydrogen-bond acceptors (Lipinski definition) is 5. The van der Waals surface area contributed by atoms with Crippen molar-refractivity contribution >= 4 is 28.0 Å². The van der Waals surface area contributed by atoms with Crippen LogP contribution in [0.4, 0.5) is 5.69 Å². The van der Waals surface area contributed by atoms with E-state index in [2.05, 4.69) is 4.72 Å². The first-order chi connectivity index (χ1) is 10.9. The molecule has 0 spiro atoms. The topological polar surface area (TPSA) is 110 Å². The lowest BCUT2D eigenvalue weighted by molar-refractivity contribution is 0.0698. The molecule has 2 N–H and O–H groups in total. The van der Waals surface area contributed by atoms with Gasteiger partial charge >= 0.3 is 5.97 Å². The van der Waals surface area contributed by atoms with Crippen molar-refractivity contribution in [2.24, 2.45) is 0 Å². The fourth-order valence-electron chi connectivity index (χ4n) is 1.91. The fourth-order valence-corrected chi connectivity index (χ4v) is 3.02. The minimum Gasteiger partial charge on any atom is -0.497 e. The van der Waals surface area contributed by atoms with Gasteiger partial charge in [0.05, 0.1) is 23.3 Å². The molecule has 0 radical (unpaired) electrons. The van der Waals surface area contributed by atoms with Crippen molar-refractivity contribution in [2.45, 2.75) is 4.90 Å². The minimum atomic E-state index is -4.05. The first-order valence-corrected chi connectivity index (χ1v) is 7.85. The molecule has 0 aliphatic rings. The number of hydrogen-bond donors (Lipinski definition) is 2. The number of nitrogens with one attached hydrogen (secondary N) is 1. The number of benzene rings is 2. The van der Waals surface area contributed by atoms with Crippen molar-refractivity contribution in [3.63, 3.8) is 0 Å². The molecule has 0 saturated heterocycles. The summed E-state index contributed by atoms with van der Waals surface area (Å²) in [5, 5.41) is 9.15. The van der Waals surface area contributed by atoms with Crippen LogP contribution in [0.2, 0.25) is 0 Å². The molecule has 0 bridgehead atoms. The Bertz CT molecular complexity index is 843. The summed E-state index contributed by atoms with van der Waals surface area (Å²) in [6.45, 7) is 0. The van der Waals surface area contributed by atoms with Gasteiger partial charge in [-0.1, -0.05) is 6.07 Å². The van der Waals surface area contributed by atoms with Crippen LogP contribution in [0.3, 0.4) is 0 Å². The monoisotopic (exact) mass is 335 g/mol. The largest absolute Gasteiger partial charge is 0.497 e. The van der Waals surface area contributed by atoms with Crippen LogP contribution < -0.4 is 9.46 Å². The molecular formula is C15H13NO6S. The SMILES string of the molecule is COc1ccc(S(=O)(=O)Nc2c(C=O)cccc2C(=O)O)cc1. The van der Waals surface area contributed by atoms with Gasteiger partial charge in [-0.05, 0) is 36.4 Å². The molecular weight excluding hydrogens is 322 g/mol. The molecule has 120 valence electrons. The molecule has 0 unspecified atom stereocenters. The van der Waals surface area contributed by atoms with E-state index in [0.717, 1.165) is 0 Å². The summed E-state index contributed by atoms with van der Waals surface area (Å²) in [6.07, 6.45) is 0.387. The van der Waals surface area contributed by atoms with E-state index in [1.807, 2.05) is 0 Å². The molecule has 2 aromatic carbocycles. The Hall–Kier alpha value is -2.87. The summed E-state index contributed by atoms with van der Waals surface area (Å²) in [5.41, 5.74) is -0.653. The third-order valence-corrected chi connectivity index (χ3v) is 4.43. The quantitative estimate of drug-likeness (QED) is 0.781. The molecule has 23 heavy (non-hydrogen) atoms. The first kappa shape index (κ1) is 16.5. The molecule has 0 atom stereocenters. The zero-order valence-corrected chi connectivity index (χ0v) is 12.8. The Balaban J connectivity index is 2.48. The zero-order valence-electron chi connectivity index (χ0n) is 12.0. The molecule has 0 heterocycles. The number of ether oxygens (including phenoxy) is 1. The van der Waals surface area contributed by atoms with Crippen LogP contribution in [0, 0.1) is 0 Å².